The molecule has 0 bridgehead atoms. The summed E-state index contributed by atoms with van der Waals surface area (Å²) < 4.78 is 0. The molecule has 1 fully saturated rings. The zero-order chi connectivity index (χ0) is 26.2. The van der Waals surface area contributed by atoms with Crippen molar-refractivity contribution in [2.24, 2.45) is 11.8 Å². The van der Waals surface area contributed by atoms with Crippen LogP contribution in [0.3, 0.4) is 0 Å². The van der Waals surface area contributed by atoms with Crippen molar-refractivity contribution < 1.29 is 14.7 Å². The van der Waals surface area contributed by atoms with Gasteiger partial charge in [-0.05, 0) is 97.1 Å². The Balaban J connectivity index is 1.37. The first kappa shape index (κ1) is 26.9. The minimum atomic E-state index is -0.672. The summed E-state index contributed by atoms with van der Waals surface area (Å²) in [6.07, 6.45) is 7.67. The van der Waals surface area contributed by atoms with Crippen molar-refractivity contribution in [1.82, 2.24) is 0 Å². The van der Waals surface area contributed by atoms with E-state index in [2.05, 4.69) is 56.3 Å². The van der Waals surface area contributed by atoms with Crippen LogP contribution >= 0.6 is 0 Å². The summed E-state index contributed by atoms with van der Waals surface area (Å²) in [5.41, 5.74) is 7.51. The number of carboxylic acid groups (broad SMARTS) is 1. The van der Waals surface area contributed by atoms with Gasteiger partial charge in [0.1, 0.15) is 5.78 Å². The van der Waals surface area contributed by atoms with Gasteiger partial charge in [0, 0.05) is 18.8 Å². The highest BCUT2D eigenvalue weighted by Gasteiger charge is 2.24. The van der Waals surface area contributed by atoms with E-state index in [9.17, 15) is 9.59 Å². The van der Waals surface area contributed by atoms with Gasteiger partial charge < -0.3 is 5.11 Å². The van der Waals surface area contributed by atoms with Crippen LogP contribution in [0.15, 0.2) is 72.8 Å². The van der Waals surface area contributed by atoms with Crippen LogP contribution in [-0.4, -0.2) is 16.9 Å². The molecule has 1 saturated carbocycles. The molecule has 0 heterocycles. The molecule has 1 atom stereocenters. The molecule has 37 heavy (non-hydrogen) atoms. The molecule has 0 spiro atoms. The Morgan fingerprint density at radius 1 is 0.892 bits per heavy atom. The second kappa shape index (κ2) is 12.9. The third-order valence-corrected chi connectivity index (χ3v) is 8.31. The number of carbonyl (C=O) groups excluding carboxylic acids is 1. The third kappa shape index (κ3) is 7.41. The largest absolute Gasteiger partial charge is 0.481 e. The van der Waals surface area contributed by atoms with Crippen molar-refractivity contribution in [3.8, 4) is 11.1 Å². The number of carbonyl (C=O) groups is 2. The Morgan fingerprint density at radius 3 is 2.22 bits per heavy atom. The first-order valence-electron chi connectivity index (χ1n) is 13.9. The summed E-state index contributed by atoms with van der Waals surface area (Å²) in [5.74, 6) is 0.629. The average molecular weight is 497 g/mol. The van der Waals surface area contributed by atoms with Crippen LogP contribution in [0.25, 0.3) is 11.1 Å². The van der Waals surface area contributed by atoms with Crippen LogP contribution in [0, 0.1) is 18.8 Å². The molecule has 3 aromatic carbocycles. The van der Waals surface area contributed by atoms with Crippen molar-refractivity contribution >= 4 is 11.8 Å². The fraction of sp³-hybridized carbons (Fsp3) is 0.412. The van der Waals surface area contributed by atoms with Gasteiger partial charge in [-0.3, -0.25) is 9.59 Å². The monoisotopic (exact) mass is 496 g/mol. The van der Waals surface area contributed by atoms with Gasteiger partial charge in [0.15, 0.2) is 0 Å². The molecular weight excluding hydrogens is 456 g/mol. The topological polar surface area (TPSA) is 54.4 Å². The maximum atomic E-state index is 12.9. The van der Waals surface area contributed by atoms with Crippen LogP contribution in [0.4, 0.5) is 0 Å². The molecule has 0 aliphatic heterocycles. The molecule has 1 aliphatic carbocycles. The van der Waals surface area contributed by atoms with E-state index in [1.165, 1.54) is 27.8 Å². The smallest absolute Gasteiger partial charge is 0.303 e. The molecule has 1 unspecified atom stereocenters. The lowest BCUT2D eigenvalue weighted by Crippen LogP contribution is -2.17. The average Bonchev–Trinajstić information content (AvgIpc) is 2.91. The van der Waals surface area contributed by atoms with Crippen LogP contribution in [-0.2, 0) is 22.4 Å². The second-order valence-electron chi connectivity index (χ2n) is 10.9. The van der Waals surface area contributed by atoms with Crippen LogP contribution < -0.4 is 0 Å². The third-order valence-electron chi connectivity index (χ3n) is 8.31. The maximum Gasteiger partial charge on any atom is 0.303 e. The molecule has 3 heteroatoms. The SMILES string of the molecule is CCC(CCc1cc(-c2ccc(C3CCC(CC(=O)O)CC3)cc2)ccc1C)C(=O)Cc1ccccc1. The fourth-order valence-electron chi connectivity index (χ4n) is 5.88. The van der Waals surface area contributed by atoms with Gasteiger partial charge in [0.25, 0.3) is 0 Å². The number of hydrogen-bond acceptors (Lipinski definition) is 2. The van der Waals surface area contributed by atoms with E-state index >= 15 is 0 Å². The normalized spacial score (nSPS) is 18.3. The number of ketones is 1. The number of aliphatic carboxylic acids is 1. The highest BCUT2D eigenvalue weighted by atomic mass is 16.4. The Hall–Kier alpha value is -3.20. The number of benzene rings is 3. The summed E-state index contributed by atoms with van der Waals surface area (Å²) in [6, 6.07) is 25.7. The molecule has 0 aromatic heterocycles. The number of carboxylic acids is 1. The van der Waals surface area contributed by atoms with Crippen LogP contribution in [0.5, 0.6) is 0 Å². The predicted octanol–water partition coefficient (Wildman–Crippen LogP) is 8.18. The van der Waals surface area contributed by atoms with Crippen LogP contribution in [0.2, 0.25) is 0 Å². The predicted molar refractivity (Wildman–Crippen MR) is 151 cm³/mol. The Bertz CT molecular complexity index is 1170. The molecule has 194 valence electrons. The highest BCUT2D eigenvalue weighted by Crippen LogP contribution is 2.37. The van der Waals surface area contributed by atoms with E-state index in [1.54, 1.807) is 0 Å². The number of hydrogen-bond donors (Lipinski definition) is 1. The lowest BCUT2D eigenvalue weighted by Gasteiger charge is -2.28. The molecule has 3 nitrogen and oxygen atoms in total. The quantitative estimate of drug-likeness (QED) is 0.291. The highest BCUT2D eigenvalue weighted by molar-refractivity contribution is 5.83. The molecule has 1 aliphatic rings. The van der Waals surface area contributed by atoms with Gasteiger partial charge in [-0.15, -0.1) is 0 Å². The Labute approximate surface area is 221 Å². The van der Waals surface area contributed by atoms with E-state index < -0.39 is 5.97 Å². The summed E-state index contributed by atoms with van der Waals surface area (Å²) >= 11 is 0. The zero-order valence-corrected chi connectivity index (χ0v) is 22.3. The molecular formula is C34H40O3. The molecule has 0 radical (unpaired) electrons. The van der Waals surface area contributed by atoms with Gasteiger partial charge in [-0.25, -0.2) is 0 Å². The molecule has 1 N–H and O–H groups in total. The number of rotatable bonds is 11. The van der Waals surface area contributed by atoms with E-state index in [0.29, 0.717) is 30.5 Å². The minimum Gasteiger partial charge on any atom is -0.481 e. The standard InChI is InChI=1S/C34H40O3/c1-3-27(33(35)21-25-7-5-4-6-8-25)15-20-31-23-32(12-9-24(31)2)30-18-16-29(17-19-30)28-13-10-26(11-14-28)22-34(36)37/h4-9,12,16-19,23,26-28H,3,10-11,13-15,20-22H2,1-2H3,(H,36,37). The Morgan fingerprint density at radius 2 is 1.57 bits per heavy atom. The van der Waals surface area contributed by atoms with Gasteiger partial charge in [0.05, 0.1) is 0 Å². The van der Waals surface area contributed by atoms with Crippen LogP contribution in [0.1, 0.15) is 80.0 Å². The number of aryl methyl sites for hydroxylation is 2. The number of Topliss-reactive ketones (excluding diaryl/α,β-unsaturated/α-hetero) is 1. The Kier molecular flexibility index (Phi) is 9.33. The molecule has 4 rings (SSSR count). The van der Waals surface area contributed by atoms with Crippen molar-refractivity contribution in [3.05, 3.63) is 95.1 Å². The molecule has 3 aromatic rings. The van der Waals surface area contributed by atoms with Gasteiger partial charge in [-0.2, -0.15) is 0 Å². The first-order chi connectivity index (χ1) is 17.9. The van der Waals surface area contributed by atoms with Gasteiger partial charge >= 0.3 is 5.97 Å². The minimum absolute atomic E-state index is 0.0909. The summed E-state index contributed by atoms with van der Waals surface area (Å²) in [7, 11) is 0. The zero-order valence-electron chi connectivity index (χ0n) is 22.3. The molecule has 0 saturated heterocycles. The maximum absolute atomic E-state index is 12.9. The van der Waals surface area contributed by atoms with Gasteiger partial charge in [0.2, 0.25) is 0 Å². The summed E-state index contributed by atoms with van der Waals surface area (Å²) in [6.45, 7) is 4.28. The van der Waals surface area contributed by atoms with E-state index in [1.807, 2.05) is 30.3 Å². The van der Waals surface area contributed by atoms with Crippen molar-refractivity contribution in [3.63, 3.8) is 0 Å². The summed E-state index contributed by atoms with van der Waals surface area (Å²) in [5, 5.41) is 9.06. The molecule has 0 amide bonds. The lowest BCUT2D eigenvalue weighted by atomic mass is 9.77. The van der Waals surface area contributed by atoms with E-state index in [-0.39, 0.29) is 5.92 Å². The fourth-order valence-corrected chi connectivity index (χ4v) is 5.88. The van der Waals surface area contributed by atoms with Crippen molar-refractivity contribution in [2.75, 3.05) is 0 Å². The van der Waals surface area contributed by atoms with E-state index in [0.717, 1.165) is 50.5 Å². The van der Waals surface area contributed by atoms with Crippen molar-refractivity contribution in [2.45, 2.75) is 77.6 Å². The van der Waals surface area contributed by atoms with E-state index in [4.69, 9.17) is 5.11 Å². The van der Waals surface area contributed by atoms with Gasteiger partial charge in [-0.1, -0.05) is 79.7 Å². The summed E-state index contributed by atoms with van der Waals surface area (Å²) in [4.78, 5) is 23.9. The first-order valence-corrected chi connectivity index (χ1v) is 13.9. The lowest BCUT2D eigenvalue weighted by molar-refractivity contribution is -0.138. The van der Waals surface area contributed by atoms with Crippen molar-refractivity contribution in [1.29, 1.82) is 0 Å². The second-order valence-corrected chi connectivity index (χ2v) is 10.9.